The third-order valence-corrected chi connectivity index (χ3v) is 9.64. The van der Waals surface area contributed by atoms with Crippen LogP contribution in [0.5, 0.6) is 0 Å². The summed E-state index contributed by atoms with van der Waals surface area (Å²) in [5.74, 6) is -2.09. The highest BCUT2D eigenvalue weighted by atomic mass is 16.6. The standard InChI is InChI=1S/C41H47N3O7/c1-3-5-22-36(43-41(49)51-26-35-33-20-11-9-18-31(33)32-19-10-12-21-34(32)35)40(48)50-27-37(28-15-7-6-8-16-28)42-39(47)29(14-4-2)24-38(46)44-23-13-17-30(44)25-45/h3-4,6-12,15-16,18-21,29-30,35-37,45H,1-2,5,13-14,17,22-27H2,(H,42,47)(H,43,49)/t29-,30-,36-,37+/m0/s1. The highest BCUT2D eigenvalue weighted by Crippen LogP contribution is 2.44. The molecule has 10 heteroatoms. The van der Waals surface area contributed by atoms with E-state index in [9.17, 15) is 24.3 Å². The Kier molecular flexibility index (Phi) is 13.2. The highest BCUT2D eigenvalue weighted by molar-refractivity contribution is 5.87. The molecule has 1 saturated heterocycles. The lowest BCUT2D eigenvalue weighted by Crippen LogP contribution is -2.44. The number of hydrogen-bond acceptors (Lipinski definition) is 7. The van der Waals surface area contributed by atoms with E-state index in [1.54, 1.807) is 17.1 Å². The summed E-state index contributed by atoms with van der Waals surface area (Å²) < 4.78 is 11.4. The molecule has 268 valence electrons. The summed E-state index contributed by atoms with van der Waals surface area (Å²) in [6.45, 7) is 7.84. The zero-order valence-electron chi connectivity index (χ0n) is 28.9. The molecule has 0 spiro atoms. The second kappa shape index (κ2) is 18.1. The summed E-state index contributed by atoms with van der Waals surface area (Å²) in [4.78, 5) is 54.9. The van der Waals surface area contributed by atoms with Gasteiger partial charge in [0.2, 0.25) is 11.8 Å². The third kappa shape index (κ3) is 9.32. The van der Waals surface area contributed by atoms with Crippen molar-refractivity contribution in [3.05, 3.63) is 121 Å². The van der Waals surface area contributed by atoms with Gasteiger partial charge in [0.15, 0.2) is 0 Å². The average molecular weight is 694 g/mol. The van der Waals surface area contributed by atoms with Crippen molar-refractivity contribution in [1.82, 2.24) is 15.5 Å². The second-order valence-electron chi connectivity index (χ2n) is 13.0. The topological polar surface area (TPSA) is 134 Å². The van der Waals surface area contributed by atoms with Gasteiger partial charge in [-0.25, -0.2) is 9.59 Å². The maximum atomic E-state index is 13.6. The van der Waals surface area contributed by atoms with Gasteiger partial charge in [-0.1, -0.05) is 91.0 Å². The fourth-order valence-corrected chi connectivity index (χ4v) is 6.94. The molecule has 0 aromatic heterocycles. The van der Waals surface area contributed by atoms with Crippen LogP contribution in [0.25, 0.3) is 11.1 Å². The molecule has 51 heavy (non-hydrogen) atoms. The number of likely N-dealkylation sites (tertiary alicyclic amines) is 1. The van der Waals surface area contributed by atoms with Gasteiger partial charge >= 0.3 is 12.1 Å². The van der Waals surface area contributed by atoms with Crippen LogP contribution in [0.1, 0.15) is 67.2 Å². The number of esters is 1. The van der Waals surface area contributed by atoms with Crippen LogP contribution in [0.3, 0.4) is 0 Å². The van der Waals surface area contributed by atoms with Gasteiger partial charge in [0, 0.05) is 18.9 Å². The first-order valence-corrected chi connectivity index (χ1v) is 17.6. The Hall–Kier alpha value is -5.22. The number of carbonyl (C=O) groups excluding carboxylic acids is 4. The van der Waals surface area contributed by atoms with Crippen molar-refractivity contribution in [3.63, 3.8) is 0 Å². The summed E-state index contributed by atoms with van der Waals surface area (Å²) in [6.07, 6.45) is 4.95. The molecular weight excluding hydrogens is 646 g/mol. The van der Waals surface area contributed by atoms with E-state index in [1.807, 2.05) is 66.7 Å². The molecule has 0 radical (unpaired) electrons. The Balaban J connectivity index is 1.21. The van der Waals surface area contributed by atoms with E-state index in [0.717, 1.165) is 35.1 Å². The number of rotatable bonds is 17. The summed E-state index contributed by atoms with van der Waals surface area (Å²) in [5.41, 5.74) is 5.08. The van der Waals surface area contributed by atoms with Crippen LogP contribution in [0.15, 0.2) is 104 Å². The SMILES string of the molecule is C=CCC[C@H](NC(=O)OCC1c2ccccc2-c2ccccc21)C(=O)OC[C@@H](NC(=O)[C@@H](CC=C)CC(=O)N1CCC[C@H]1CO)c1ccccc1. The maximum Gasteiger partial charge on any atom is 0.407 e. The number of carbonyl (C=O) groups is 4. The molecule has 10 nitrogen and oxygen atoms in total. The molecule has 0 bridgehead atoms. The van der Waals surface area contributed by atoms with Crippen molar-refractivity contribution >= 4 is 23.9 Å². The van der Waals surface area contributed by atoms with E-state index in [0.29, 0.717) is 18.5 Å². The van der Waals surface area contributed by atoms with Crippen molar-refractivity contribution in [2.45, 2.75) is 62.6 Å². The van der Waals surface area contributed by atoms with Crippen molar-refractivity contribution in [1.29, 1.82) is 0 Å². The fraction of sp³-hybridized carbons (Fsp3) is 0.366. The van der Waals surface area contributed by atoms with Crippen LogP contribution in [0, 0.1) is 5.92 Å². The van der Waals surface area contributed by atoms with Crippen LogP contribution in [-0.4, -0.2) is 72.3 Å². The van der Waals surface area contributed by atoms with Crippen molar-refractivity contribution < 1.29 is 33.8 Å². The van der Waals surface area contributed by atoms with E-state index in [1.165, 1.54) is 0 Å². The lowest BCUT2D eigenvalue weighted by molar-refractivity contribution is -0.147. The number of alkyl carbamates (subject to hydrolysis) is 1. The molecule has 2 aliphatic rings. The predicted octanol–water partition coefficient (Wildman–Crippen LogP) is 5.83. The number of allylic oxidation sites excluding steroid dienone is 2. The molecule has 5 rings (SSSR count). The molecule has 1 fully saturated rings. The third-order valence-electron chi connectivity index (χ3n) is 9.64. The van der Waals surface area contributed by atoms with Gasteiger partial charge in [0.1, 0.15) is 19.3 Å². The number of aliphatic hydroxyl groups is 1. The van der Waals surface area contributed by atoms with Crippen molar-refractivity contribution in [2.75, 3.05) is 26.4 Å². The lowest BCUT2D eigenvalue weighted by atomic mass is 9.98. The predicted molar refractivity (Wildman–Crippen MR) is 194 cm³/mol. The van der Waals surface area contributed by atoms with Gasteiger partial charge < -0.3 is 30.1 Å². The lowest BCUT2D eigenvalue weighted by Gasteiger charge is -2.27. The Bertz CT molecular complexity index is 1650. The molecule has 1 aliphatic heterocycles. The first kappa shape index (κ1) is 37.0. The molecule has 3 N–H and O–H groups in total. The number of benzene rings is 3. The highest BCUT2D eigenvalue weighted by Gasteiger charge is 2.33. The summed E-state index contributed by atoms with van der Waals surface area (Å²) in [5, 5.41) is 15.3. The van der Waals surface area contributed by atoms with Crippen LogP contribution in [-0.2, 0) is 23.9 Å². The summed E-state index contributed by atoms with van der Waals surface area (Å²) in [7, 11) is 0. The second-order valence-corrected chi connectivity index (χ2v) is 13.0. The van der Waals surface area contributed by atoms with Crippen molar-refractivity contribution in [3.8, 4) is 11.1 Å². The van der Waals surface area contributed by atoms with Gasteiger partial charge in [-0.05, 0) is 59.9 Å². The van der Waals surface area contributed by atoms with Gasteiger partial charge in [-0.2, -0.15) is 0 Å². The Morgan fingerprint density at radius 1 is 0.882 bits per heavy atom. The van der Waals surface area contributed by atoms with Gasteiger partial charge in [-0.15, -0.1) is 13.2 Å². The number of fused-ring (bicyclic) bond motifs is 3. The van der Waals surface area contributed by atoms with Gasteiger partial charge in [-0.3, -0.25) is 9.59 Å². The molecule has 0 saturated carbocycles. The number of aliphatic hydroxyl groups excluding tert-OH is 1. The number of hydrogen-bond donors (Lipinski definition) is 3. The number of nitrogens with zero attached hydrogens (tertiary/aromatic N) is 1. The maximum absolute atomic E-state index is 13.6. The largest absolute Gasteiger partial charge is 0.462 e. The van der Waals surface area contributed by atoms with Gasteiger partial charge in [0.25, 0.3) is 0 Å². The zero-order chi connectivity index (χ0) is 36.2. The first-order chi connectivity index (χ1) is 24.8. The Labute approximate surface area is 299 Å². The number of ether oxygens (including phenoxy) is 2. The van der Waals surface area contributed by atoms with E-state index in [-0.39, 0.29) is 62.9 Å². The zero-order valence-corrected chi connectivity index (χ0v) is 28.9. The van der Waals surface area contributed by atoms with E-state index in [2.05, 4.69) is 35.9 Å². The van der Waals surface area contributed by atoms with Gasteiger partial charge in [0.05, 0.1) is 24.6 Å². The number of nitrogens with one attached hydrogen (secondary N) is 2. The van der Waals surface area contributed by atoms with E-state index in [4.69, 9.17) is 9.47 Å². The van der Waals surface area contributed by atoms with Crippen LogP contribution in [0.4, 0.5) is 4.79 Å². The molecule has 3 amide bonds. The van der Waals surface area contributed by atoms with Crippen LogP contribution in [0.2, 0.25) is 0 Å². The minimum absolute atomic E-state index is 0.0384. The fourth-order valence-electron chi connectivity index (χ4n) is 6.94. The Morgan fingerprint density at radius 3 is 2.20 bits per heavy atom. The first-order valence-electron chi connectivity index (χ1n) is 17.6. The minimum atomic E-state index is -1.02. The van der Waals surface area contributed by atoms with E-state index < -0.39 is 30.1 Å². The smallest absolute Gasteiger partial charge is 0.407 e. The number of amides is 3. The molecule has 1 aliphatic carbocycles. The van der Waals surface area contributed by atoms with Crippen molar-refractivity contribution in [2.24, 2.45) is 5.92 Å². The summed E-state index contributed by atoms with van der Waals surface area (Å²) >= 11 is 0. The van der Waals surface area contributed by atoms with Crippen LogP contribution < -0.4 is 10.6 Å². The summed E-state index contributed by atoms with van der Waals surface area (Å²) in [6, 6.07) is 23.2. The molecule has 4 atom stereocenters. The molecule has 0 unspecified atom stereocenters. The van der Waals surface area contributed by atoms with E-state index >= 15 is 0 Å². The monoisotopic (exact) mass is 693 g/mol. The Morgan fingerprint density at radius 2 is 1.55 bits per heavy atom. The normalized spacial score (nSPS) is 16.6. The average Bonchev–Trinajstić information content (AvgIpc) is 3.77. The molecule has 3 aromatic rings. The quantitative estimate of drug-likeness (QED) is 0.120. The molecule has 3 aromatic carbocycles. The minimum Gasteiger partial charge on any atom is -0.462 e. The van der Waals surface area contributed by atoms with Crippen LogP contribution >= 0.6 is 0 Å². The molecule has 1 heterocycles. The molecular formula is C41H47N3O7.